The second kappa shape index (κ2) is 5.08. The maximum Gasteiger partial charge on any atom is 0.153 e. The standard InChI is InChI=1S/C14H11FN4O/c1-10-16-17-18-19(10)13-4-2-3-5-14(13)20-12-8-6-11(15)7-9-12/h2-9H,1H3. The molecule has 0 saturated carbocycles. The highest BCUT2D eigenvalue weighted by atomic mass is 19.1. The van der Waals surface area contributed by atoms with Gasteiger partial charge in [-0.1, -0.05) is 12.1 Å². The Morgan fingerprint density at radius 2 is 1.80 bits per heavy atom. The van der Waals surface area contributed by atoms with Crippen molar-refractivity contribution in [2.24, 2.45) is 0 Å². The smallest absolute Gasteiger partial charge is 0.153 e. The Morgan fingerprint density at radius 3 is 2.50 bits per heavy atom. The quantitative estimate of drug-likeness (QED) is 0.734. The third-order valence-electron chi connectivity index (χ3n) is 2.76. The van der Waals surface area contributed by atoms with Crippen molar-refractivity contribution in [2.45, 2.75) is 6.92 Å². The van der Waals surface area contributed by atoms with Crippen molar-refractivity contribution in [2.75, 3.05) is 0 Å². The molecule has 0 amide bonds. The topological polar surface area (TPSA) is 52.8 Å². The molecule has 0 atom stereocenters. The van der Waals surface area contributed by atoms with Gasteiger partial charge >= 0.3 is 0 Å². The first-order valence-corrected chi connectivity index (χ1v) is 6.02. The van der Waals surface area contributed by atoms with Crippen molar-refractivity contribution < 1.29 is 9.13 Å². The Bertz CT molecular complexity index is 724. The molecule has 0 N–H and O–H groups in total. The van der Waals surface area contributed by atoms with Gasteiger partial charge in [0, 0.05) is 0 Å². The SMILES string of the molecule is Cc1nnnn1-c1ccccc1Oc1ccc(F)cc1. The molecular weight excluding hydrogens is 259 g/mol. The van der Waals surface area contributed by atoms with Crippen LogP contribution >= 0.6 is 0 Å². The normalized spacial score (nSPS) is 10.5. The Kier molecular flexibility index (Phi) is 3.12. The van der Waals surface area contributed by atoms with Crippen LogP contribution in [0.3, 0.4) is 0 Å². The first-order valence-electron chi connectivity index (χ1n) is 6.02. The second-order valence-corrected chi connectivity index (χ2v) is 4.16. The molecule has 20 heavy (non-hydrogen) atoms. The summed E-state index contributed by atoms with van der Waals surface area (Å²) >= 11 is 0. The molecule has 0 aliphatic heterocycles. The molecule has 1 heterocycles. The monoisotopic (exact) mass is 270 g/mol. The van der Waals surface area contributed by atoms with Gasteiger partial charge < -0.3 is 4.74 Å². The molecule has 0 saturated heterocycles. The fraction of sp³-hybridized carbons (Fsp3) is 0.0714. The van der Waals surface area contributed by atoms with Gasteiger partial charge in [0.2, 0.25) is 0 Å². The van der Waals surface area contributed by atoms with Gasteiger partial charge in [0.15, 0.2) is 11.6 Å². The number of benzene rings is 2. The average Bonchev–Trinajstić information content (AvgIpc) is 2.88. The van der Waals surface area contributed by atoms with Crippen LogP contribution in [0.5, 0.6) is 11.5 Å². The lowest BCUT2D eigenvalue weighted by atomic mass is 10.3. The van der Waals surface area contributed by atoms with Crippen molar-refractivity contribution in [3.8, 4) is 17.2 Å². The number of aromatic nitrogens is 4. The number of ether oxygens (including phenoxy) is 1. The minimum Gasteiger partial charge on any atom is -0.455 e. The fourth-order valence-electron chi connectivity index (χ4n) is 1.80. The van der Waals surface area contributed by atoms with Gasteiger partial charge in [-0.2, -0.15) is 4.68 Å². The number of hydrogen-bond acceptors (Lipinski definition) is 4. The first kappa shape index (κ1) is 12.3. The number of nitrogens with zero attached hydrogens (tertiary/aromatic N) is 4. The summed E-state index contributed by atoms with van der Waals surface area (Å²) in [5, 5.41) is 11.4. The van der Waals surface area contributed by atoms with Crippen molar-refractivity contribution in [1.29, 1.82) is 0 Å². The van der Waals surface area contributed by atoms with E-state index in [-0.39, 0.29) is 5.82 Å². The highest BCUT2D eigenvalue weighted by Gasteiger charge is 2.10. The van der Waals surface area contributed by atoms with Crippen LogP contribution in [0, 0.1) is 12.7 Å². The third-order valence-corrected chi connectivity index (χ3v) is 2.76. The minimum atomic E-state index is -0.304. The van der Waals surface area contributed by atoms with Crippen molar-refractivity contribution in [1.82, 2.24) is 20.2 Å². The molecule has 0 aliphatic carbocycles. The lowest BCUT2D eigenvalue weighted by Gasteiger charge is -2.10. The molecule has 0 radical (unpaired) electrons. The zero-order valence-electron chi connectivity index (χ0n) is 10.7. The molecule has 2 aromatic carbocycles. The Morgan fingerprint density at radius 1 is 1.05 bits per heavy atom. The molecule has 0 aliphatic rings. The maximum atomic E-state index is 12.9. The molecule has 100 valence electrons. The predicted molar refractivity (Wildman–Crippen MR) is 70.4 cm³/mol. The van der Waals surface area contributed by atoms with Crippen LogP contribution in [0.4, 0.5) is 4.39 Å². The Labute approximate surface area is 114 Å². The van der Waals surface area contributed by atoms with Crippen LogP contribution in [0.25, 0.3) is 5.69 Å². The highest BCUT2D eigenvalue weighted by molar-refractivity contribution is 5.48. The summed E-state index contributed by atoms with van der Waals surface area (Å²) in [5.41, 5.74) is 0.722. The lowest BCUT2D eigenvalue weighted by molar-refractivity contribution is 0.475. The summed E-state index contributed by atoms with van der Waals surface area (Å²) in [5.74, 6) is 1.49. The van der Waals surface area contributed by atoms with E-state index >= 15 is 0 Å². The van der Waals surface area contributed by atoms with E-state index in [0.29, 0.717) is 17.3 Å². The summed E-state index contributed by atoms with van der Waals surface area (Å²) in [4.78, 5) is 0. The summed E-state index contributed by atoms with van der Waals surface area (Å²) in [6, 6.07) is 13.2. The first-order chi connectivity index (χ1) is 9.74. The van der Waals surface area contributed by atoms with Crippen molar-refractivity contribution >= 4 is 0 Å². The zero-order valence-corrected chi connectivity index (χ0v) is 10.7. The molecule has 0 unspecified atom stereocenters. The Hall–Kier alpha value is -2.76. The summed E-state index contributed by atoms with van der Waals surface area (Å²) in [7, 11) is 0. The molecule has 3 aromatic rings. The van der Waals surface area contributed by atoms with Crippen LogP contribution in [0.2, 0.25) is 0 Å². The van der Waals surface area contributed by atoms with Crippen LogP contribution < -0.4 is 4.74 Å². The van der Waals surface area contributed by atoms with Crippen molar-refractivity contribution in [3.63, 3.8) is 0 Å². The molecule has 3 rings (SSSR count). The van der Waals surface area contributed by atoms with E-state index in [9.17, 15) is 4.39 Å². The molecule has 0 fully saturated rings. The Balaban J connectivity index is 1.98. The molecule has 5 nitrogen and oxygen atoms in total. The van der Waals surface area contributed by atoms with E-state index in [1.54, 1.807) is 29.8 Å². The maximum absolute atomic E-state index is 12.9. The molecule has 6 heteroatoms. The number of para-hydroxylation sites is 2. The fourth-order valence-corrected chi connectivity index (χ4v) is 1.80. The van der Waals surface area contributed by atoms with Gasteiger partial charge in [-0.05, 0) is 53.7 Å². The van der Waals surface area contributed by atoms with Crippen LogP contribution in [0.15, 0.2) is 48.5 Å². The number of halogens is 1. The molecule has 0 bridgehead atoms. The van der Waals surface area contributed by atoms with Gasteiger partial charge in [0.1, 0.15) is 17.3 Å². The number of rotatable bonds is 3. The average molecular weight is 270 g/mol. The van der Waals surface area contributed by atoms with Gasteiger partial charge in [-0.25, -0.2) is 4.39 Å². The van der Waals surface area contributed by atoms with E-state index in [0.717, 1.165) is 5.69 Å². The van der Waals surface area contributed by atoms with E-state index in [1.165, 1.54) is 12.1 Å². The van der Waals surface area contributed by atoms with E-state index in [1.807, 2.05) is 18.2 Å². The van der Waals surface area contributed by atoms with E-state index < -0.39 is 0 Å². The van der Waals surface area contributed by atoms with E-state index in [4.69, 9.17) is 4.74 Å². The molecule has 1 aromatic heterocycles. The number of hydrogen-bond donors (Lipinski definition) is 0. The van der Waals surface area contributed by atoms with Crippen molar-refractivity contribution in [3.05, 3.63) is 60.2 Å². The summed E-state index contributed by atoms with van der Waals surface area (Å²) in [6.45, 7) is 1.80. The summed E-state index contributed by atoms with van der Waals surface area (Å²) < 4.78 is 20.2. The highest BCUT2D eigenvalue weighted by Crippen LogP contribution is 2.27. The molecular formula is C14H11FN4O. The second-order valence-electron chi connectivity index (χ2n) is 4.16. The minimum absolute atomic E-state index is 0.304. The van der Waals surface area contributed by atoms with Crippen LogP contribution in [-0.4, -0.2) is 20.2 Å². The summed E-state index contributed by atoms with van der Waals surface area (Å²) in [6.07, 6.45) is 0. The van der Waals surface area contributed by atoms with E-state index in [2.05, 4.69) is 15.5 Å². The largest absolute Gasteiger partial charge is 0.455 e. The molecule has 0 spiro atoms. The number of tetrazole rings is 1. The van der Waals surface area contributed by atoms with Crippen LogP contribution in [-0.2, 0) is 0 Å². The third kappa shape index (κ3) is 2.35. The predicted octanol–water partition coefficient (Wildman–Crippen LogP) is 2.90. The van der Waals surface area contributed by atoms with Gasteiger partial charge in [0.25, 0.3) is 0 Å². The van der Waals surface area contributed by atoms with Gasteiger partial charge in [-0.3, -0.25) is 0 Å². The van der Waals surface area contributed by atoms with Gasteiger partial charge in [-0.15, -0.1) is 5.10 Å². The zero-order chi connectivity index (χ0) is 13.9. The van der Waals surface area contributed by atoms with Gasteiger partial charge in [0.05, 0.1) is 0 Å². The lowest BCUT2D eigenvalue weighted by Crippen LogP contribution is -2.01. The van der Waals surface area contributed by atoms with Crippen LogP contribution in [0.1, 0.15) is 5.82 Å². The number of aryl methyl sites for hydroxylation is 1.